The summed E-state index contributed by atoms with van der Waals surface area (Å²) in [6.07, 6.45) is 2.01. The predicted octanol–water partition coefficient (Wildman–Crippen LogP) is 1.85. The Hall–Kier alpha value is -1.27. The lowest BCUT2D eigenvalue weighted by molar-refractivity contribution is -0.00552. The molecule has 0 amide bonds. The molecule has 2 atom stereocenters. The van der Waals surface area contributed by atoms with Crippen molar-refractivity contribution >= 4 is 23.0 Å². The van der Waals surface area contributed by atoms with Crippen molar-refractivity contribution in [3.63, 3.8) is 0 Å². The molecule has 1 fully saturated rings. The molecule has 6 heteroatoms. The number of hydrogen-bond acceptors (Lipinski definition) is 5. The maximum atomic E-state index is 6.00. The fraction of sp³-hybridized carbons (Fsp3) is 0.667. The molecule has 0 saturated carbocycles. The first-order chi connectivity index (χ1) is 9.97. The Morgan fingerprint density at radius 2 is 1.86 bits per heavy atom. The third-order valence-corrected chi connectivity index (χ3v) is 4.00. The standard InChI is InChI=1S/C15H24N4OS/c1-5-11-12(6-2)17-18-15(13(11)14(16)21)19-7-9(3)20-10(4)8-19/h9-10H,5-8H2,1-4H3,(H2,16,21). The second kappa shape index (κ2) is 6.66. The van der Waals surface area contributed by atoms with Gasteiger partial charge >= 0.3 is 0 Å². The SMILES string of the molecule is CCc1nnc(N2CC(C)OC(C)C2)c(C(N)=S)c1CC. The van der Waals surface area contributed by atoms with E-state index in [1.54, 1.807) is 0 Å². The van der Waals surface area contributed by atoms with Gasteiger partial charge in [-0.05, 0) is 32.3 Å². The normalized spacial score (nSPS) is 22.4. The molecule has 1 saturated heterocycles. The van der Waals surface area contributed by atoms with E-state index in [0.717, 1.165) is 48.6 Å². The van der Waals surface area contributed by atoms with Crippen LogP contribution in [0, 0.1) is 0 Å². The first kappa shape index (κ1) is 16.1. The van der Waals surface area contributed by atoms with Crippen LogP contribution in [0.5, 0.6) is 0 Å². The highest BCUT2D eigenvalue weighted by molar-refractivity contribution is 7.80. The molecule has 21 heavy (non-hydrogen) atoms. The molecule has 1 aromatic heterocycles. The van der Waals surface area contributed by atoms with E-state index in [4.69, 9.17) is 22.7 Å². The van der Waals surface area contributed by atoms with Crippen molar-refractivity contribution in [1.82, 2.24) is 10.2 Å². The second-order valence-corrected chi connectivity index (χ2v) is 6.00. The molecule has 2 heterocycles. The van der Waals surface area contributed by atoms with Crippen molar-refractivity contribution in [2.24, 2.45) is 5.73 Å². The van der Waals surface area contributed by atoms with Gasteiger partial charge in [-0.15, -0.1) is 5.10 Å². The summed E-state index contributed by atoms with van der Waals surface area (Å²) in [5.74, 6) is 0.804. The summed E-state index contributed by atoms with van der Waals surface area (Å²) >= 11 is 5.29. The van der Waals surface area contributed by atoms with E-state index in [0.29, 0.717) is 4.99 Å². The molecule has 1 aromatic rings. The van der Waals surface area contributed by atoms with Gasteiger partial charge in [0.2, 0.25) is 0 Å². The van der Waals surface area contributed by atoms with Gasteiger partial charge < -0.3 is 15.4 Å². The van der Waals surface area contributed by atoms with E-state index in [-0.39, 0.29) is 12.2 Å². The van der Waals surface area contributed by atoms with Crippen LogP contribution in [0.1, 0.15) is 44.5 Å². The van der Waals surface area contributed by atoms with Crippen LogP contribution in [0.3, 0.4) is 0 Å². The minimum Gasteiger partial charge on any atom is -0.389 e. The second-order valence-electron chi connectivity index (χ2n) is 5.56. The summed E-state index contributed by atoms with van der Waals surface area (Å²) in [5.41, 5.74) is 9.00. The van der Waals surface area contributed by atoms with Crippen molar-refractivity contribution < 1.29 is 4.74 Å². The molecule has 2 unspecified atom stereocenters. The first-order valence-electron chi connectivity index (χ1n) is 7.56. The highest BCUT2D eigenvalue weighted by atomic mass is 32.1. The summed E-state index contributed by atoms with van der Waals surface area (Å²) in [4.78, 5) is 2.59. The molecule has 0 aromatic carbocycles. The molecule has 2 rings (SSSR count). The van der Waals surface area contributed by atoms with Crippen LogP contribution in [-0.4, -0.2) is 40.5 Å². The molecule has 0 radical (unpaired) electrons. The Bertz CT molecular complexity index is 525. The number of aromatic nitrogens is 2. The zero-order valence-corrected chi connectivity index (χ0v) is 14.0. The molecule has 5 nitrogen and oxygen atoms in total. The smallest absolute Gasteiger partial charge is 0.162 e. The fourth-order valence-electron chi connectivity index (χ4n) is 2.99. The van der Waals surface area contributed by atoms with Crippen molar-refractivity contribution in [3.8, 4) is 0 Å². The predicted molar refractivity (Wildman–Crippen MR) is 88.9 cm³/mol. The summed E-state index contributed by atoms with van der Waals surface area (Å²) in [5, 5.41) is 8.81. The van der Waals surface area contributed by atoms with Crippen LogP contribution < -0.4 is 10.6 Å². The topological polar surface area (TPSA) is 64.3 Å². The highest BCUT2D eigenvalue weighted by Gasteiger charge is 2.27. The van der Waals surface area contributed by atoms with Crippen LogP contribution in [0.25, 0.3) is 0 Å². The first-order valence-corrected chi connectivity index (χ1v) is 7.97. The minimum absolute atomic E-state index is 0.158. The van der Waals surface area contributed by atoms with Crippen molar-refractivity contribution in [1.29, 1.82) is 0 Å². The van der Waals surface area contributed by atoms with Crippen LogP contribution in [0.4, 0.5) is 5.82 Å². The van der Waals surface area contributed by atoms with Gasteiger partial charge in [0, 0.05) is 13.1 Å². The van der Waals surface area contributed by atoms with Crippen LogP contribution >= 0.6 is 12.2 Å². The summed E-state index contributed by atoms with van der Waals surface area (Å²) in [7, 11) is 0. The molecular formula is C15H24N4OS. The number of rotatable bonds is 4. The highest BCUT2D eigenvalue weighted by Crippen LogP contribution is 2.26. The third-order valence-electron chi connectivity index (χ3n) is 3.79. The maximum Gasteiger partial charge on any atom is 0.162 e. The Labute approximate surface area is 131 Å². The number of morpholine rings is 1. The van der Waals surface area contributed by atoms with Gasteiger partial charge in [0.25, 0.3) is 0 Å². The molecule has 116 valence electrons. The Kier molecular flexibility index (Phi) is 5.11. The van der Waals surface area contributed by atoms with E-state index in [1.807, 2.05) is 0 Å². The van der Waals surface area contributed by atoms with Crippen LogP contribution in [0.2, 0.25) is 0 Å². The van der Waals surface area contributed by atoms with Gasteiger partial charge in [-0.1, -0.05) is 26.1 Å². The van der Waals surface area contributed by atoms with Gasteiger partial charge in [0.15, 0.2) is 5.82 Å². The van der Waals surface area contributed by atoms with Gasteiger partial charge in [0.1, 0.15) is 4.99 Å². The summed E-state index contributed by atoms with van der Waals surface area (Å²) in [6.45, 7) is 9.87. The monoisotopic (exact) mass is 308 g/mol. The summed E-state index contributed by atoms with van der Waals surface area (Å²) in [6, 6.07) is 0. The Balaban J connectivity index is 2.50. The molecule has 0 aliphatic carbocycles. The van der Waals surface area contributed by atoms with Crippen molar-refractivity contribution in [3.05, 3.63) is 16.8 Å². The quantitative estimate of drug-likeness (QED) is 0.857. The average molecular weight is 308 g/mol. The summed E-state index contributed by atoms with van der Waals surface area (Å²) < 4.78 is 5.79. The van der Waals surface area contributed by atoms with E-state index < -0.39 is 0 Å². The van der Waals surface area contributed by atoms with Crippen molar-refractivity contribution in [2.45, 2.75) is 52.7 Å². The largest absolute Gasteiger partial charge is 0.389 e. The van der Waals surface area contributed by atoms with Crippen LogP contribution in [-0.2, 0) is 17.6 Å². The third kappa shape index (κ3) is 3.32. The molecule has 0 spiro atoms. The number of ether oxygens (including phenoxy) is 1. The zero-order valence-electron chi connectivity index (χ0n) is 13.2. The van der Waals surface area contributed by atoms with E-state index >= 15 is 0 Å². The number of aryl methyl sites for hydroxylation is 1. The van der Waals surface area contributed by atoms with Gasteiger partial charge in [0.05, 0.1) is 23.5 Å². The van der Waals surface area contributed by atoms with Gasteiger partial charge in [-0.3, -0.25) is 0 Å². The Morgan fingerprint density at radius 1 is 1.24 bits per heavy atom. The average Bonchev–Trinajstić information content (AvgIpc) is 2.44. The molecule has 2 N–H and O–H groups in total. The number of hydrogen-bond donors (Lipinski definition) is 1. The van der Waals surface area contributed by atoms with Gasteiger partial charge in [-0.2, -0.15) is 5.10 Å². The van der Waals surface area contributed by atoms with Gasteiger partial charge in [-0.25, -0.2) is 0 Å². The van der Waals surface area contributed by atoms with E-state index in [2.05, 4.69) is 42.8 Å². The van der Waals surface area contributed by atoms with Crippen molar-refractivity contribution in [2.75, 3.05) is 18.0 Å². The Morgan fingerprint density at radius 3 is 2.33 bits per heavy atom. The fourth-order valence-corrected chi connectivity index (χ4v) is 3.21. The minimum atomic E-state index is 0.158. The molecule has 1 aliphatic heterocycles. The lowest BCUT2D eigenvalue weighted by atomic mass is 10.0. The number of thiocarbonyl (C=S) groups is 1. The number of nitrogens with zero attached hydrogens (tertiary/aromatic N) is 3. The van der Waals surface area contributed by atoms with Crippen LogP contribution in [0.15, 0.2) is 0 Å². The van der Waals surface area contributed by atoms with E-state index in [9.17, 15) is 0 Å². The zero-order chi connectivity index (χ0) is 15.6. The molecule has 1 aliphatic rings. The number of anilines is 1. The molecule has 0 bridgehead atoms. The maximum absolute atomic E-state index is 6.00. The lowest BCUT2D eigenvalue weighted by Gasteiger charge is -2.37. The molecular weight excluding hydrogens is 284 g/mol. The van der Waals surface area contributed by atoms with E-state index in [1.165, 1.54) is 0 Å². The lowest BCUT2D eigenvalue weighted by Crippen LogP contribution is -2.46. The number of nitrogens with two attached hydrogens (primary N) is 1.